The van der Waals surface area contributed by atoms with E-state index in [9.17, 15) is 9.59 Å². The highest BCUT2D eigenvalue weighted by Gasteiger charge is 2.35. The van der Waals surface area contributed by atoms with Gasteiger partial charge in [-0.2, -0.15) is 0 Å². The summed E-state index contributed by atoms with van der Waals surface area (Å²) >= 11 is 0. The van der Waals surface area contributed by atoms with Gasteiger partial charge in [-0.3, -0.25) is 9.69 Å². The first-order chi connectivity index (χ1) is 15.2. The van der Waals surface area contributed by atoms with Crippen molar-refractivity contribution in [2.75, 3.05) is 26.2 Å². The number of nitrogens with zero attached hydrogens (tertiary/aromatic N) is 2. The number of likely N-dealkylation sites (tertiary alicyclic amines) is 2. The lowest BCUT2D eigenvalue weighted by Crippen LogP contribution is -2.50. The first kappa shape index (κ1) is 21.4. The molecule has 2 aliphatic rings. The minimum atomic E-state index is -0.636. The SMILES string of the molecule is O=C(NC(Cc1ccccc1)C(=O)N1CCC(N2CCCC2)C1)OCc1ccccc1. The van der Waals surface area contributed by atoms with E-state index < -0.39 is 12.1 Å². The van der Waals surface area contributed by atoms with E-state index in [-0.39, 0.29) is 12.5 Å². The Morgan fingerprint density at radius 2 is 1.58 bits per heavy atom. The van der Waals surface area contributed by atoms with Gasteiger partial charge in [0.1, 0.15) is 12.6 Å². The molecule has 2 fully saturated rings. The molecule has 2 unspecified atom stereocenters. The van der Waals surface area contributed by atoms with Crippen molar-refractivity contribution in [3.05, 3.63) is 71.8 Å². The lowest BCUT2D eigenvalue weighted by molar-refractivity contribution is -0.132. The van der Waals surface area contributed by atoms with E-state index >= 15 is 0 Å². The molecular formula is C25H31N3O3. The largest absolute Gasteiger partial charge is 0.445 e. The Morgan fingerprint density at radius 3 is 2.26 bits per heavy atom. The van der Waals surface area contributed by atoms with Crippen LogP contribution in [0.5, 0.6) is 0 Å². The number of ether oxygens (including phenoxy) is 1. The number of carbonyl (C=O) groups excluding carboxylic acids is 2. The van der Waals surface area contributed by atoms with Crippen molar-refractivity contribution in [3.8, 4) is 0 Å². The Kier molecular flexibility index (Phi) is 7.20. The maximum Gasteiger partial charge on any atom is 0.408 e. The molecule has 164 valence electrons. The Balaban J connectivity index is 1.38. The molecule has 0 radical (unpaired) electrons. The third-order valence-corrected chi connectivity index (χ3v) is 6.22. The second-order valence-corrected chi connectivity index (χ2v) is 8.42. The number of rotatable bonds is 7. The fraction of sp³-hybridized carbons (Fsp3) is 0.440. The van der Waals surface area contributed by atoms with E-state index in [0.29, 0.717) is 12.5 Å². The number of benzene rings is 2. The van der Waals surface area contributed by atoms with E-state index in [2.05, 4.69) is 10.2 Å². The summed E-state index contributed by atoms with van der Waals surface area (Å²) in [5.41, 5.74) is 1.93. The average molecular weight is 422 g/mol. The third-order valence-electron chi connectivity index (χ3n) is 6.22. The van der Waals surface area contributed by atoms with Crippen LogP contribution >= 0.6 is 0 Å². The third kappa shape index (κ3) is 5.85. The molecule has 1 N–H and O–H groups in total. The molecule has 2 aromatic carbocycles. The van der Waals surface area contributed by atoms with Crippen LogP contribution in [0.15, 0.2) is 60.7 Å². The number of amides is 2. The molecule has 0 saturated carbocycles. The number of hydrogen-bond donors (Lipinski definition) is 1. The number of nitrogens with one attached hydrogen (secondary N) is 1. The minimum Gasteiger partial charge on any atom is -0.445 e. The van der Waals surface area contributed by atoms with E-state index in [4.69, 9.17) is 4.74 Å². The van der Waals surface area contributed by atoms with E-state index in [1.54, 1.807) is 0 Å². The number of hydrogen-bond acceptors (Lipinski definition) is 4. The maximum atomic E-state index is 13.4. The van der Waals surface area contributed by atoms with Gasteiger partial charge in [0, 0.05) is 25.6 Å². The van der Waals surface area contributed by atoms with Gasteiger partial charge in [-0.15, -0.1) is 0 Å². The summed E-state index contributed by atoms with van der Waals surface area (Å²) in [5, 5.41) is 2.83. The zero-order valence-electron chi connectivity index (χ0n) is 17.9. The van der Waals surface area contributed by atoms with E-state index in [1.165, 1.54) is 12.8 Å². The van der Waals surface area contributed by atoms with Crippen LogP contribution in [0.2, 0.25) is 0 Å². The molecule has 4 rings (SSSR count). The van der Waals surface area contributed by atoms with Gasteiger partial charge in [0.25, 0.3) is 0 Å². The highest BCUT2D eigenvalue weighted by atomic mass is 16.5. The summed E-state index contributed by atoms with van der Waals surface area (Å²) in [5.74, 6) is -0.0257. The second-order valence-electron chi connectivity index (χ2n) is 8.42. The topological polar surface area (TPSA) is 61.9 Å². The van der Waals surface area contributed by atoms with Crippen LogP contribution in [0.4, 0.5) is 4.79 Å². The second kappa shape index (κ2) is 10.4. The summed E-state index contributed by atoms with van der Waals surface area (Å²) in [6.07, 6.45) is 3.38. The van der Waals surface area contributed by atoms with Gasteiger partial charge in [-0.25, -0.2) is 4.79 Å². The fourth-order valence-corrected chi connectivity index (χ4v) is 4.52. The Labute approximate surface area is 184 Å². The highest BCUT2D eigenvalue weighted by Crippen LogP contribution is 2.21. The molecule has 2 saturated heterocycles. The first-order valence-corrected chi connectivity index (χ1v) is 11.2. The Bertz CT molecular complexity index is 853. The van der Waals surface area contributed by atoms with Gasteiger partial charge < -0.3 is 15.0 Å². The standard InChI is InChI=1S/C25H31N3O3/c29-24(28-16-13-22(18-28)27-14-7-8-15-27)23(17-20-9-3-1-4-10-20)26-25(30)31-19-21-11-5-2-6-12-21/h1-6,9-12,22-23H,7-8,13-19H2,(H,26,30). The van der Waals surface area contributed by atoms with Crippen molar-refractivity contribution in [3.63, 3.8) is 0 Å². The van der Waals surface area contributed by atoms with Crippen LogP contribution in [0, 0.1) is 0 Å². The molecule has 0 aliphatic carbocycles. The average Bonchev–Trinajstić information content (AvgIpc) is 3.50. The predicted molar refractivity (Wildman–Crippen MR) is 119 cm³/mol. The predicted octanol–water partition coefficient (Wildman–Crippen LogP) is 3.22. The number of carbonyl (C=O) groups is 2. The Morgan fingerprint density at radius 1 is 0.935 bits per heavy atom. The van der Waals surface area contributed by atoms with Crippen molar-refractivity contribution in [1.29, 1.82) is 0 Å². The lowest BCUT2D eigenvalue weighted by atomic mass is 10.1. The summed E-state index contributed by atoms with van der Waals surface area (Å²) in [6, 6.07) is 19.1. The van der Waals surface area contributed by atoms with Crippen molar-refractivity contribution < 1.29 is 14.3 Å². The lowest BCUT2D eigenvalue weighted by Gasteiger charge is -2.26. The van der Waals surface area contributed by atoms with Gasteiger partial charge in [-0.1, -0.05) is 60.7 Å². The van der Waals surface area contributed by atoms with Crippen molar-refractivity contribution >= 4 is 12.0 Å². The molecule has 0 bridgehead atoms. The van der Waals surface area contributed by atoms with Crippen LogP contribution in [0.25, 0.3) is 0 Å². The smallest absolute Gasteiger partial charge is 0.408 e. The molecular weight excluding hydrogens is 390 g/mol. The van der Waals surface area contributed by atoms with Crippen molar-refractivity contribution in [2.45, 2.75) is 44.4 Å². The molecule has 6 heteroatoms. The zero-order valence-corrected chi connectivity index (χ0v) is 17.9. The molecule has 6 nitrogen and oxygen atoms in total. The fourth-order valence-electron chi connectivity index (χ4n) is 4.52. The van der Waals surface area contributed by atoms with Gasteiger partial charge in [0.05, 0.1) is 0 Å². The van der Waals surface area contributed by atoms with Gasteiger partial charge in [0.2, 0.25) is 5.91 Å². The molecule has 2 aromatic rings. The highest BCUT2D eigenvalue weighted by molar-refractivity contribution is 5.86. The van der Waals surface area contributed by atoms with Crippen molar-refractivity contribution in [2.24, 2.45) is 0 Å². The Hall–Kier alpha value is -2.86. The van der Waals surface area contributed by atoms with Gasteiger partial charge in [-0.05, 0) is 43.5 Å². The summed E-state index contributed by atoms with van der Waals surface area (Å²) in [6.45, 7) is 3.92. The van der Waals surface area contributed by atoms with Crippen LogP contribution in [-0.2, 0) is 22.6 Å². The quantitative estimate of drug-likeness (QED) is 0.746. The molecule has 0 aromatic heterocycles. The van der Waals surface area contributed by atoms with Crippen LogP contribution < -0.4 is 5.32 Å². The molecule has 2 amide bonds. The van der Waals surface area contributed by atoms with Gasteiger partial charge in [0.15, 0.2) is 0 Å². The van der Waals surface area contributed by atoms with Crippen LogP contribution in [0.1, 0.15) is 30.4 Å². The monoisotopic (exact) mass is 421 g/mol. The molecule has 2 aliphatic heterocycles. The number of alkyl carbamates (subject to hydrolysis) is 1. The maximum absolute atomic E-state index is 13.4. The molecule has 0 spiro atoms. The van der Waals surface area contributed by atoms with E-state index in [1.807, 2.05) is 65.6 Å². The minimum absolute atomic E-state index is 0.0257. The van der Waals surface area contributed by atoms with Crippen molar-refractivity contribution in [1.82, 2.24) is 15.1 Å². The molecule has 2 heterocycles. The summed E-state index contributed by atoms with van der Waals surface area (Å²) in [4.78, 5) is 30.3. The molecule has 31 heavy (non-hydrogen) atoms. The van der Waals surface area contributed by atoms with E-state index in [0.717, 1.165) is 43.7 Å². The molecule has 2 atom stereocenters. The van der Waals surface area contributed by atoms with Gasteiger partial charge >= 0.3 is 6.09 Å². The normalized spacial score (nSPS) is 19.9. The zero-order chi connectivity index (χ0) is 21.5. The van der Waals surface area contributed by atoms with Crippen LogP contribution in [-0.4, -0.2) is 60.1 Å². The first-order valence-electron chi connectivity index (χ1n) is 11.2. The summed E-state index contributed by atoms with van der Waals surface area (Å²) in [7, 11) is 0. The summed E-state index contributed by atoms with van der Waals surface area (Å²) < 4.78 is 5.38. The van der Waals surface area contributed by atoms with Crippen LogP contribution in [0.3, 0.4) is 0 Å².